The number of nitrogens with zero attached hydrogens (tertiary/aromatic N) is 5. The van der Waals surface area contributed by atoms with Crippen LogP contribution in [0.3, 0.4) is 0 Å². The van der Waals surface area contributed by atoms with Crippen molar-refractivity contribution in [2.45, 2.75) is 37.5 Å². The molecule has 0 aliphatic heterocycles. The van der Waals surface area contributed by atoms with Crippen molar-refractivity contribution >= 4 is 17.7 Å². The molecule has 5 N–H and O–H groups in total. The number of fused-ring (bicyclic) bond motifs is 2. The predicted molar refractivity (Wildman–Crippen MR) is 114 cm³/mol. The Labute approximate surface area is 180 Å². The minimum atomic E-state index is -0.603. The molecule has 1 saturated carbocycles. The van der Waals surface area contributed by atoms with E-state index in [2.05, 4.69) is 35.3 Å². The topological polar surface area (TPSA) is 157 Å². The van der Waals surface area contributed by atoms with Crippen molar-refractivity contribution in [3.8, 4) is 5.88 Å². The van der Waals surface area contributed by atoms with Gasteiger partial charge in [-0.1, -0.05) is 24.3 Å². The number of aliphatic hydroxyl groups excluding tert-OH is 1. The van der Waals surface area contributed by atoms with Crippen LogP contribution in [0.5, 0.6) is 5.88 Å². The number of H-pyrrole nitrogens is 2. The summed E-state index contributed by atoms with van der Waals surface area (Å²) in [5.41, 5.74) is 2.68. The molecular formula is C21H20N8O3. The maximum atomic E-state index is 11.5. The lowest BCUT2D eigenvalue weighted by Crippen LogP contribution is -2.28. The van der Waals surface area contributed by atoms with Crippen molar-refractivity contribution < 1.29 is 10.2 Å². The molecule has 0 amide bonds. The van der Waals surface area contributed by atoms with Gasteiger partial charge in [-0.3, -0.25) is 4.98 Å². The number of aliphatic hydroxyl groups is 1. The SMILES string of the molecule is O=c1[nH]c(O)c(/C=c2\cnn3c(=NC4CC4)nc(N[C@@H]4c5ccccc5C[C@@H]4O)nc23)[nH]1. The highest BCUT2D eigenvalue weighted by Gasteiger charge is 2.31. The summed E-state index contributed by atoms with van der Waals surface area (Å²) in [6, 6.07) is 7.76. The molecule has 3 heterocycles. The molecule has 0 spiro atoms. The normalized spacial score (nSPS) is 21.4. The minimum Gasteiger partial charge on any atom is -0.493 e. The van der Waals surface area contributed by atoms with Crippen molar-refractivity contribution in [1.29, 1.82) is 0 Å². The third kappa shape index (κ3) is 3.23. The summed E-state index contributed by atoms with van der Waals surface area (Å²) < 4.78 is 1.54. The van der Waals surface area contributed by atoms with E-state index < -0.39 is 11.8 Å². The number of hydrogen-bond acceptors (Lipinski definition) is 8. The van der Waals surface area contributed by atoms with Crippen LogP contribution in [0.25, 0.3) is 11.7 Å². The van der Waals surface area contributed by atoms with Crippen molar-refractivity contribution in [3.05, 3.63) is 68.6 Å². The Morgan fingerprint density at radius 1 is 1.22 bits per heavy atom. The van der Waals surface area contributed by atoms with Gasteiger partial charge < -0.3 is 20.5 Å². The Balaban J connectivity index is 1.49. The first-order valence-electron chi connectivity index (χ1n) is 10.4. The fourth-order valence-corrected chi connectivity index (χ4v) is 4.03. The lowest BCUT2D eigenvalue weighted by Gasteiger charge is -2.17. The van der Waals surface area contributed by atoms with Crippen LogP contribution < -0.4 is 21.8 Å². The van der Waals surface area contributed by atoms with Gasteiger partial charge in [-0.05, 0) is 30.0 Å². The van der Waals surface area contributed by atoms with Gasteiger partial charge in [0.15, 0.2) is 5.65 Å². The van der Waals surface area contributed by atoms with Crippen LogP contribution >= 0.6 is 0 Å². The molecule has 0 saturated heterocycles. The van der Waals surface area contributed by atoms with Crippen LogP contribution in [0.15, 0.2) is 40.2 Å². The van der Waals surface area contributed by atoms with Crippen LogP contribution in [0.1, 0.15) is 35.7 Å². The number of nitrogens with one attached hydrogen (secondary N) is 3. The first kappa shape index (κ1) is 18.8. The van der Waals surface area contributed by atoms with Crippen LogP contribution in [0, 0.1) is 0 Å². The molecule has 32 heavy (non-hydrogen) atoms. The minimum absolute atomic E-state index is 0.209. The molecule has 0 bridgehead atoms. The molecule has 1 aromatic carbocycles. The summed E-state index contributed by atoms with van der Waals surface area (Å²) in [4.78, 5) is 30.1. The van der Waals surface area contributed by atoms with Crippen molar-refractivity contribution in [2.75, 3.05) is 5.32 Å². The molecule has 0 radical (unpaired) electrons. The highest BCUT2D eigenvalue weighted by molar-refractivity contribution is 5.57. The number of imidazole rings is 1. The van der Waals surface area contributed by atoms with Crippen molar-refractivity contribution in [3.63, 3.8) is 0 Å². The second-order valence-corrected chi connectivity index (χ2v) is 8.12. The quantitative estimate of drug-likeness (QED) is 0.292. The fraction of sp³-hybridized carbons (Fsp3) is 0.286. The zero-order valence-electron chi connectivity index (χ0n) is 16.9. The maximum absolute atomic E-state index is 11.5. The van der Waals surface area contributed by atoms with Gasteiger partial charge in [-0.25, -0.2) is 9.79 Å². The summed E-state index contributed by atoms with van der Waals surface area (Å²) in [5, 5.41) is 28.7. The summed E-state index contributed by atoms with van der Waals surface area (Å²) in [6.07, 6.45) is 5.11. The van der Waals surface area contributed by atoms with Gasteiger partial charge in [0.2, 0.25) is 11.8 Å². The summed E-state index contributed by atoms with van der Waals surface area (Å²) >= 11 is 0. The molecule has 2 atom stereocenters. The van der Waals surface area contributed by atoms with E-state index in [0.29, 0.717) is 28.9 Å². The second kappa shape index (κ2) is 7.02. The van der Waals surface area contributed by atoms with Gasteiger partial charge in [0.25, 0.3) is 5.62 Å². The molecular weight excluding hydrogens is 412 g/mol. The average molecular weight is 432 g/mol. The number of hydrogen-bond donors (Lipinski definition) is 5. The average Bonchev–Trinajstić information content (AvgIpc) is 3.29. The Hall–Kier alpha value is -3.99. The molecule has 0 unspecified atom stereocenters. The van der Waals surface area contributed by atoms with Crippen LogP contribution in [-0.2, 0) is 6.42 Å². The highest BCUT2D eigenvalue weighted by atomic mass is 16.3. The monoisotopic (exact) mass is 432 g/mol. The number of rotatable bonds is 4. The fourth-order valence-electron chi connectivity index (χ4n) is 4.03. The lowest BCUT2D eigenvalue weighted by molar-refractivity contribution is 0.165. The summed E-state index contributed by atoms with van der Waals surface area (Å²) in [5.74, 6) is 0.0509. The Morgan fingerprint density at radius 3 is 2.84 bits per heavy atom. The van der Waals surface area contributed by atoms with Gasteiger partial charge in [0.05, 0.1) is 24.4 Å². The van der Waals surface area contributed by atoms with Gasteiger partial charge >= 0.3 is 5.69 Å². The largest absolute Gasteiger partial charge is 0.493 e. The highest BCUT2D eigenvalue weighted by Crippen LogP contribution is 2.33. The Bertz CT molecular complexity index is 1510. The summed E-state index contributed by atoms with van der Waals surface area (Å²) in [6.45, 7) is 0. The second-order valence-electron chi connectivity index (χ2n) is 8.12. The van der Waals surface area contributed by atoms with E-state index in [-0.39, 0.29) is 23.7 Å². The van der Waals surface area contributed by atoms with E-state index in [0.717, 1.165) is 24.0 Å². The predicted octanol–water partition coefficient (Wildman–Crippen LogP) is -0.473. The zero-order valence-corrected chi connectivity index (χ0v) is 16.9. The molecule has 11 nitrogen and oxygen atoms in total. The van der Waals surface area contributed by atoms with Crippen molar-refractivity contribution in [2.24, 2.45) is 4.99 Å². The number of aromatic nitrogens is 6. The smallest absolute Gasteiger partial charge is 0.326 e. The molecule has 2 aliphatic rings. The van der Waals surface area contributed by atoms with Gasteiger partial charge in [-0.2, -0.15) is 19.6 Å². The van der Waals surface area contributed by atoms with Gasteiger partial charge in [0.1, 0.15) is 5.69 Å². The molecule has 6 rings (SSSR count). The Kier molecular flexibility index (Phi) is 4.12. The molecule has 162 valence electrons. The summed E-state index contributed by atoms with van der Waals surface area (Å²) in [7, 11) is 0. The van der Waals surface area contributed by atoms with Crippen molar-refractivity contribution in [1.82, 2.24) is 29.5 Å². The van der Waals surface area contributed by atoms with E-state index >= 15 is 0 Å². The number of benzene rings is 1. The number of anilines is 1. The van der Waals surface area contributed by atoms with Crippen LogP contribution in [-0.4, -0.2) is 51.9 Å². The van der Waals surface area contributed by atoms with E-state index in [4.69, 9.17) is 0 Å². The molecule has 11 heteroatoms. The van der Waals surface area contributed by atoms with Gasteiger partial charge in [-0.15, -0.1) is 0 Å². The standard InChI is InChI=1S/C21H20N8O3/c30-15-8-10-3-1-2-4-13(10)16(15)25-19-26-17-11(7-14-18(31)27-21(32)24-14)9-22-29(17)20(28-19)23-12-5-6-12/h1-4,7,9,12,15-16,30-31H,5-6,8H2,(H,23,25,28)(H2,24,27,32)/b11-7+/t15-,16+/m0/s1. The number of aromatic amines is 2. The van der Waals surface area contributed by atoms with E-state index in [9.17, 15) is 15.0 Å². The molecule has 1 fully saturated rings. The zero-order chi connectivity index (χ0) is 21.8. The first-order chi connectivity index (χ1) is 15.5. The van der Waals surface area contributed by atoms with Crippen LogP contribution in [0.2, 0.25) is 0 Å². The molecule has 4 aromatic rings. The third-order valence-corrected chi connectivity index (χ3v) is 5.75. The van der Waals surface area contributed by atoms with Gasteiger partial charge in [0, 0.05) is 11.6 Å². The first-order valence-corrected chi connectivity index (χ1v) is 10.4. The molecule has 3 aromatic heterocycles. The van der Waals surface area contributed by atoms with Crippen LogP contribution in [0.4, 0.5) is 5.95 Å². The van der Waals surface area contributed by atoms with E-state index in [1.807, 2.05) is 24.3 Å². The maximum Gasteiger partial charge on any atom is 0.326 e. The third-order valence-electron chi connectivity index (χ3n) is 5.75. The molecule has 2 aliphatic carbocycles. The lowest BCUT2D eigenvalue weighted by atomic mass is 10.1. The number of aromatic hydroxyl groups is 1. The van der Waals surface area contributed by atoms with E-state index in [1.54, 1.807) is 12.3 Å². The van der Waals surface area contributed by atoms with E-state index in [1.165, 1.54) is 4.52 Å². The Morgan fingerprint density at radius 2 is 2.06 bits per heavy atom.